The lowest BCUT2D eigenvalue weighted by molar-refractivity contribution is -0.137. The van der Waals surface area contributed by atoms with E-state index in [0.29, 0.717) is 28.3 Å². The molecule has 1 aromatic heterocycles. The van der Waals surface area contributed by atoms with E-state index in [1.54, 1.807) is 6.07 Å². The third kappa shape index (κ3) is 6.02. The average Bonchev–Trinajstić information content (AvgIpc) is 2.83. The molecule has 10 heteroatoms. The maximum Gasteiger partial charge on any atom is 0.416 e. The molecule has 1 unspecified atom stereocenters. The zero-order valence-electron chi connectivity index (χ0n) is 17.5. The second kappa shape index (κ2) is 10.2. The van der Waals surface area contributed by atoms with Crippen LogP contribution in [0, 0.1) is 5.92 Å². The molecule has 4 rings (SSSR count). The molecule has 33 heavy (non-hydrogen) atoms. The number of hydrogen-bond donors (Lipinski definition) is 3. The Hall–Kier alpha value is -3.11. The Bertz CT molecular complexity index is 1150. The van der Waals surface area contributed by atoms with Crippen LogP contribution in [0.25, 0.3) is 10.9 Å². The van der Waals surface area contributed by atoms with Gasteiger partial charge in [0.1, 0.15) is 0 Å². The number of nitrogens with one attached hydrogen (secondary N) is 3. The van der Waals surface area contributed by atoms with Crippen molar-refractivity contribution >= 4 is 40.7 Å². The number of benzene rings is 2. The van der Waals surface area contributed by atoms with Crippen LogP contribution in [0.1, 0.15) is 24.1 Å². The van der Waals surface area contributed by atoms with E-state index >= 15 is 0 Å². The number of aromatic nitrogens is 1. The molecule has 0 spiro atoms. The van der Waals surface area contributed by atoms with Gasteiger partial charge in [-0.15, -0.1) is 0 Å². The van der Waals surface area contributed by atoms with Gasteiger partial charge in [-0.25, -0.2) is 10.4 Å². The van der Waals surface area contributed by atoms with Crippen LogP contribution in [0.3, 0.4) is 0 Å². The van der Waals surface area contributed by atoms with Crippen LogP contribution in [-0.2, 0) is 11.0 Å². The minimum atomic E-state index is -4.36. The van der Waals surface area contributed by atoms with Crippen LogP contribution in [-0.4, -0.2) is 30.2 Å². The zero-order chi connectivity index (χ0) is 23.3. The molecule has 172 valence electrons. The molecular weight excluding hydrogens is 451 g/mol. The lowest BCUT2D eigenvalue weighted by Crippen LogP contribution is -2.38. The van der Waals surface area contributed by atoms with E-state index < -0.39 is 11.7 Å². The SMILES string of the molecule is O=C(N/N=C/c1ccc2cccc(NSc3ccc(C(F)(F)F)cc3)c2n1)C1CCCNC1. The molecule has 2 aromatic carbocycles. The molecule has 1 fully saturated rings. The number of anilines is 1. The van der Waals surface area contributed by atoms with Crippen LogP contribution < -0.4 is 15.5 Å². The van der Waals surface area contributed by atoms with Gasteiger partial charge in [0.05, 0.1) is 34.6 Å². The number of halogens is 3. The van der Waals surface area contributed by atoms with Gasteiger partial charge in [0, 0.05) is 16.8 Å². The molecule has 1 atom stereocenters. The van der Waals surface area contributed by atoms with E-state index in [0.717, 1.165) is 36.9 Å². The van der Waals surface area contributed by atoms with Gasteiger partial charge in [-0.05, 0) is 67.7 Å². The predicted molar refractivity (Wildman–Crippen MR) is 124 cm³/mol. The molecule has 0 aliphatic carbocycles. The van der Waals surface area contributed by atoms with Gasteiger partial charge in [0.2, 0.25) is 5.91 Å². The number of carbonyl (C=O) groups is 1. The Morgan fingerprint density at radius 1 is 1.15 bits per heavy atom. The van der Waals surface area contributed by atoms with Crippen LogP contribution >= 0.6 is 11.9 Å². The first-order chi connectivity index (χ1) is 15.9. The van der Waals surface area contributed by atoms with Crippen LogP contribution in [0.4, 0.5) is 18.9 Å². The first-order valence-corrected chi connectivity index (χ1v) is 11.3. The Morgan fingerprint density at radius 2 is 1.97 bits per heavy atom. The second-order valence-electron chi connectivity index (χ2n) is 7.62. The number of hydrazone groups is 1. The van der Waals surface area contributed by atoms with Gasteiger partial charge < -0.3 is 10.0 Å². The second-order valence-corrected chi connectivity index (χ2v) is 8.50. The Labute approximate surface area is 193 Å². The number of fused-ring (bicyclic) bond motifs is 1. The third-order valence-corrected chi connectivity index (χ3v) is 6.07. The van der Waals surface area contributed by atoms with Crippen molar-refractivity contribution in [2.75, 3.05) is 17.8 Å². The molecule has 6 nitrogen and oxygen atoms in total. The van der Waals surface area contributed by atoms with E-state index in [1.165, 1.54) is 30.3 Å². The van der Waals surface area contributed by atoms with Crippen LogP contribution in [0.5, 0.6) is 0 Å². The van der Waals surface area contributed by atoms with Crippen molar-refractivity contribution in [3.05, 3.63) is 65.9 Å². The summed E-state index contributed by atoms with van der Waals surface area (Å²) in [5, 5.41) is 8.13. The normalized spacial score (nSPS) is 16.8. The molecule has 3 aromatic rings. The van der Waals surface area contributed by atoms with Crippen molar-refractivity contribution in [2.24, 2.45) is 11.0 Å². The molecule has 2 heterocycles. The summed E-state index contributed by atoms with van der Waals surface area (Å²) in [5.74, 6) is -0.201. The third-order valence-electron chi connectivity index (χ3n) is 5.24. The lowest BCUT2D eigenvalue weighted by Gasteiger charge is -2.20. The van der Waals surface area contributed by atoms with E-state index in [1.807, 2.05) is 24.3 Å². The van der Waals surface area contributed by atoms with Crippen LogP contribution in [0.15, 0.2) is 64.6 Å². The predicted octanol–water partition coefficient (Wildman–Crippen LogP) is 4.82. The number of piperidine rings is 1. The summed E-state index contributed by atoms with van der Waals surface area (Å²) >= 11 is 1.20. The minimum absolute atomic E-state index is 0.0847. The Balaban J connectivity index is 1.43. The summed E-state index contributed by atoms with van der Waals surface area (Å²) in [4.78, 5) is 17.4. The molecule has 1 aliphatic rings. The molecule has 1 amide bonds. The van der Waals surface area contributed by atoms with Gasteiger partial charge in [0.15, 0.2) is 0 Å². The number of pyridine rings is 1. The average molecular weight is 474 g/mol. The fourth-order valence-electron chi connectivity index (χ4n) is 3.47. The zero-order valence-corrected chi connectivity index (χ0v) is 18.3. The van der Waals surface area contributed by atoms with Crippen LogP contribution in [0.2, 0.25) is 0 Å². The summed E-state index contributed by atoms with van der Waals surface area (Å²) in [6.45, 7) is 1.59. The van der Waals surface area contributed by atoms with E-state index in [2.05, 4.69) is 25.6 Å². The van der Waals surface area contributed by atoms with E-state index in [4.69, 9.17) is 0 Å². The fraction of sp³-hybridized carbons (Fsp3) is 0.261. The smallest absolute Gasteiger partial charge is 0.324 e. The number of hydrogen-bond acceptors (Lipinski definition) is 6. The number of rotatable bonds is 6. The van der Waals surface area contributed by atoms with Gasteiger partial charge in [0.25, 0.3) is 0 Å². The number of carbonyl (C=O) groups excluding carboxylic acids is 1. The number of amides is 1. The lowest BCUT2D eigenvalue weighted by atomic mass is 9.99. The van der Waals surface area contributed by atoms with Crippen molar-refractivity contribution in [1.29, 1.82) is 0 Å². The van der Waals surface area contributed by atoms with Gasteiger partial charge in [-0.3, -0.25) is 4.79 Å². The van der Waals surface area contributed by atoms with Crippen molar-refractivity contribution in [3.8, 4) is 0 Å². The van der Waals surface area contributed by atoms with Crippen molar-refractivity contribution in [2.45, 2.75) is 23.9 Å². The van der Waals surface area contributed by atoms with Gasteiger partial charge >= 0.3 is 6.18 Å². The van der Waals surface area contributed by atoms with Crippen molar-refractivity contribution in [1.82, 2.24) is 15.7 Å². The Morgan fingerprint density at radius 3 is 2.70 bits per heavy atom. The van der Waals surface area contributed by atoms with Crippen molar-refractivity contribution in [3.63, 3.8) is 0 Å². The van der Waals surface area contributed by atoms with E-state index in [9.17, 15) is 18.0 Å². The number of para-hydroxylation sites is 1. The number of nitrogens with zero attached hydrogens (tertiary/aromatic N) is 2. The highest BCUT2D eigenvalue weighted by Gasteiger charge is 2.30. The number of alkyl halides is 3. The molecule has 0 saturated carbocycles. The topological polar surface area (TPSA) is 78.4 Å². The van der Waals surface area contributed by atoms with E-state index in [-0.39, 0.29) is 11.8 Å². The molecular formula is C23H22F3N5OS. The summed E-state index contributed by atoms with van der Waals surface area (Å²) < 4.78 is 41.4. The Kier molecular flexibility index (Phi) is 7.14. The quantitative estimate of drug-likeness (QED) is 0.272. The summed E-state index contributed by atoms with van der Waals surface area (Å²) in [6, 6.07) is 14.3. The molecule has 1 aliphatic heterocycles. The first kappa shape index (κ1) is 23.1. The summed E-state index contributed by atoms with van der Waals surface area (Å²) in [6.07, 6.45) is -1.06. The largest absolute Gasteiger partial charge is 0.416 e. The fourth-order valence-corrected chi connectivity index (χ4v) is 4.14. The monoisotopic (exact) mass is 473 g/mol. The van der Waals surface area contributed by atoms with Gasteiger partial charge in [-0.2, -0.15) is 18.3 Å². The molecule has 3 N–H and O–H groups in total. The maximum absolute atomic E-state index is 12.7. The molecule has 1 saturated heterocycles. The maximum atomic E-state index is 12.7. The van der Waals surface area contributed by atoms with Gasteiger partial charge in [-0.1, -0.05) is 18.2 Å². The summed E-state index contributed by atoms with van der Waals surface area (Å²) in [7, 11) is 0. The minimum Gasteiger partial charge on any atom is -0.324 e. The molecule has 0 radical (unpaired) electrons. The first-order valence-electron chi connectivity index (χ1n) is 10.4. The highest BCUT2D eigenvalue weighted by molar-refractivity contribution is 8.00. The van der Waals surface area contributed by atoms with Crippen molar-refractivity contribution < 1.29 is 18.0 Å². The standard InChI is InChI=1S/C23H22F3N5OS/c24-23(25,26)17-7-10-19(11-8-17)33-31-20-5-1-3-15-6-9-18(29-21(15)20)14-28-30-22(32)16-4-2-12-27-13-16/h1,3,5-11,14,16,27,31H,2,4,12-13H2,(H,30,32)/b28-14+. The molecule has 0 bridgehead atoms. The summed E-state index contributed by atoms with van der Waals surface area (Å²) in [5.41, 5.74) is 3.86. The highest BCUT2D eigenvalue weighted by atomic mass is 32.2. The highest BCUT2D eigenvalue weighted by Crippen LogP contribution is 2.32.